The highest BCUT2D eigenvalue weighted by Gasteiger charge is 2.50. The maximum atomic E-state index is 13.9. The first-order valence-corrected chi connectivity index (χ1v) is 10.6. The monoisotopic (exact) mass is 436 g/mol. The topological polar surface area (TPSA) is 136 Å². The Bertz CT molecular complexity index is 980. The lowest BCUT2D eigenvalue weighted by Crippen LogP contribution is -2.71. The summed E-state index contributed by atoms with van der Waals surface area (Å²) in [5, 5.41) is 2.88. The fraction of sp³-hybridized carbons (Fsp3) is 0.333. The smallest absolute Gasteiger partial charge is 0.249 e. The summed E-state index contributed by atoms with van der Waals surface area (Å²) in [5.41, 5.74) is 11.1. The Balaban J connectivity index is 1.99. The molecule has 2 aromatic rings. The van der Waals surface area contributed by atoms with Crippen molar-refractivity contribution in [1.29, 1.82) is 0 Å². The van der Waals surface area contributed by atoms with E-state index in [1.54, 1.807) is 0 Å². The molecule has 8 heteroatoms. The molecule has 0 saturated carbocycles. The highest BCUT2D eigenvalue weighted by Crippen LogP contribution is 2.30. The zero-order valence-corrected chi connectivity index (χ0v) is 17.8. The SMILES string of the molecule is NC(=O)CCC1C(=O)NC(CCC(N)=O)(Cc2ccccc2)C(=O)N1Cc1ccccc1. The van der Waals surface area contributed by atoms with E-state index in [2.05, 4.69) is 5.32 Å². The maximum absolute atomic E-state index is 13.9. The van der Waals surface area contributed by atoms with E-state index in [9.17, 15) is 19.2 Å². The van der Waals surface area contributed by atoms with Crippen LogP contribution in [0.25, 0.3) is 0 Å². The molecule has 168 valence electrons. The third-order valence-electron chi connectivity index (χ3n) is 5.72. The Labute approximate surface area is 186 Å². The van der Waals surface area contributed by atoms with Gasteiger partial charge in [0.15, 0.2) is 0 Å². The lowest BCUT2D eigenvalue weighted by molar-refractivity contribution is -0.157. The number of nitrogens with two attached hydrogens (primary N) is 2. The molecule has 0 radical (unpaired) electrons. The van der Waals surface area contributed by atoms with Crippen molar-refractivity contribution < 1.29 is 19.2 Å². The van der Waals surface area contributed by atoms with E-state index in [1.807, 2.05) is 60.7 Å². The quantitative estimate of drug-likeness (QED) is 0.512. The third-order valence-corrected chi connectivity index (χ3v) is 5.72. The molecule has 2 aromatic carbocycles. The van der Waals surface area contributed by atoms with Gasteiger partial charge in [0, 0.05) is 25.8 Å². The predicted octanol–water partition coefficient (Wildman–Crippen LogP) is 1.03. The third kappa shape index (κ3) is 5.51. The summed E-state index contributed by atoms with van der Waals surface area (Å²) in [6, 6.07) is 17.8. The van der Waals surface area contributed by atoms with Gasteiger partial charge in [-0.1, -0.05) is 60.7 Å². The first-order valence-electron chi connectivity index (χ1n) is 10.6. The molecule has 32 heavy (non-hydrogen) atoms. The van der Waals surface area contributed by atoms with Gasteiger partial charge in [-0.15, -0.1) is 0 Å². The summed E-state index contributed by atoms with van der Waals surface area (Å²) >= 11 is 0. The fourth-order valence-corrected chi connectivity index (χ4v) is 4.12. The number of benzene rings is 2. The summed E-state index contributed by atoms with van der Waals surface area (Å²) < 4.78 is 0. The van der Waals surface area contributed by atoms with Gasteiger partial charge < -0.3 is 21.7 Å². The Morgan fingerprint density at radius 2 is 1.44 bits per heavy atom. The van der Waals surface area contributed by atoms with Crippen LogP contribution in [0.2, 0.25) is 0 Å². The van der Waals surface area contributed by atoms with Crippen molar-refractivity contribution in [3.8, 4) is 0 Å². The lowest BCUT2D eigenvalue weighted by atomic mass is 9.81. The van der Waals surface area contributed by atoms with Crippen LogP contribution in [0.5, 0.6) is 0 Å². The second-order valence-corrected chi connectivity index (χ2v) is 8.14. The number of piperazine rings is 1. The van der Waals surface area contributed by atoms with Crippen molar-refractivity contribution in [2.24, 2.45) is 11.5 Å². The van der Waals surface area contributed by atoms with Crippen molar-refractivity contribution in [3.05, 3.63) is 71.8 Å². The molecule has 1 aliphatic heterocycles. The molecule has 4 amide bonds. The van der Waals surface area contributed by atoms with Gasteiger partial charge in [-0.25, -0.2) is 0 Å². The zero-order valence-electron chi connectivity index (χ0n) is 17.8. The van der Waals surface area contributed by atoms with Crippen molar-refractivity contribution in [1.82, 2.24) is 10.2 Å². The van der Waals surface area contributed by atoms with Crippen LogP contribution in [0.15, 0.2) is 60.7 Å². The van der Waals surface area contributed by atoms with Crippen LogP contribution in [0.1, 0.15) is 36.8 Å². The van der Waals surface area contributed by atoms with Gasteiger partial charge in [-0.3, -0.25) is 19.2 Å². The van der Waals surface area contributed by atoms with E-state index in [0.29, 0.717) is 0 Å². The van der Waals surface area contributed by atoms with Crippen LogP contribution in [-0.2, 0) is 32.1 Å². The number of carbonyl (C=O) groups excluding carboxylic acids is 4. The molecular weight excluding hydrogens is 408 g/mol. The van der Waals surface area contributed by atoms with Gasteiger partial charge >= 0.3 is 0 Å². The Hall–Kier alpha value is -3.68. The summed E-state index contributed by atoms with van der Waals surface area (Å²) in [6.45, 7) is 0.198. The molecule has 8 nitrogen and oxygen atoms in total. The zero-order chi connectivity index (χ0) is 23.1. The average molecular weight is 437 g/mol. The molecule has 5 N–H and O–H groups in total. The van der Waals surface area contributed by atoms with Gasteiger partial charge in [0.05, 0.1) is 0 Å². The molecule has 3 rings (SSSR count). The van der Waals surface area contributed by atoms with Crippen LogP contribution >= 0.6 is 0 Å². The van der Waals surface area contributed by atoms with Crippen molar-refractivity contribution in [2.75, 3.05) is 0 Å². The normalized spacial score (nSPS) is 20.6. The molecule has 0 aliphatic carbocycles. The van der Waals surface area contributed by atoms with Gasteiger partial charge in [0.1, 0.15) is 11.6 Å². The average Bonchev–Trinajstić information content (AvgIpc) is 2.77. The Kier molecular flexibility index (Phi) is 7.25. The molecule has 1 heterocycles. The van der Waals surface area contributed by atoms with Crippen LogP contribution in [0.4, 0.5) is 0 Å². The number of hydrogen-bond acceptors (Lipinski definition) is 4. The molecule has 1 aliphatic rings. The van der Waals surface area contributed by atoms with Crippen LogP contribution in [0, 0.1) is 0 Å². The second kappa shape index (κ2) is 10.1. The van der Waals surface area contributed by atoms with E-state index in [0.717, 1.165) is 11.1 Å². The highest BCUT2D eigenvalue weighted by molar-refractivity contribution is 6.00. The number of primary amides is 2. The first kappa shape index (κ1) is 23.0. The summed E-state index contributed by atoms with van der Waals surface area (Å²) in [6.07, 6.45) is 0.347. The number of nitrogens with zero attached hydrogens (tertiary/aromatic N) is 1. The minimum atomic E-state index is -1.31. The van der Waals surface area contributed by atoms with Crippen LogP contribution in [0.3, 0.4) is 0 Å². The Morgan fingerprint density at radius 3 is 2.00 bits per heavy atom. The molecular formula is C24H28N4O4. The van der Waals surface area contributed by atoms with Gasteiger partial charge in [-0.05, 0) is 24.0 Å². The molecule has 1 fully saturated rings. The van der Waals surface area contributed by atoms with E-state index in [1.165, 1.54) is 4.90 Å². The van der Waals surface area contributed by atoms with E-state index < -0.39 is 23.4 Å². The van der Waals surface area contributed by atoms with Crippen molar-refractivity contribution in [3.63, 3.8) is 0 Å². The van der Waals surface area contributed by atoms with Crippen LogP contribution < -0.4 is 16.8 Å². The first-order chi connectivity index (χ1) is 15.3. The molecule has 0 aromatic heterocycles. The van der Waals surface area contributed by atoms with Crippen molar-refractivity contribution >= 4 is 23.6 Å². The Morgan fingerprint density at radius 1 is 0.875 bits per heavy atom. The van der Waals surface area contributed by atoms with E-state index in [-0.39, 0.29) is 50.5 Å². The summed E-state index contributed by atoms with van der Waals surface area (Å²) in [4.78, 5) is 51.6. The summed E-state index contributed by atoms with van der Waals surface area (Å²) in [7, 11) is 0. The van der Waals surface area contributed by atoms with Crippen LogP contribution in [-0.4, -0.2) is 40.1 Å². The van der Waals surface area contributed by atoms with E-state index in [4.69, 9.17) is 11.5 Å². The number of hydrogen-bond donors (Lipinski definition) is 3. The van der Waals surface area contributed by atoms with Gasteiger partial charge in [0.25, 0.3) is 0 Å². The molecule has 0 spiro atoms. The molecule has 2 unspecified atom stereocenters. The maximum Gasteiger partial charge on any atom is 0.249 e. The predicted molar refractivity (Wildman–Crippen MR) is 119 cm³/mol. The standard InChI is InChI=1S/C24H28N4O4/c25-20(29)12-11-19-22(31)27-24(14-13-21(26)30,15-17-7-3-1-4-8-17)23(32)28(19)16-18-9-5-2-6-10-18/h1-10,19H,11-16H2,(H2,25,29)(H2,26,30)(H,27,31). The fourth-order valence-electron chi connectivity index (χ4n) is 4.12. The van der Waals surface area contributed by atoms with Gasteiger partial charge in [0.2, 0.25) is 23.6 Å². The van der Waals surface area contributed by atoms with E-state index >= 15 is 0 Å². The number of rotatable bonds is 10. The number of amides is 4. The van der Waals surface area contributed by atoms with Gasteiger partial charge in [-0.2, -0.15) is 0 Å². The largest absolute Gasteiger partial charge is 0.370 e. The lowest BCUT2D eigenvalue weighted by Gasteiger charge is -2.46. The minimum absolute atomic E-state index is 0.0242. The molecule has 1 saturated heterocycles. The number of nitrogens with one attached hydrogen (secondary N) is 1. The summed E-state index contributed by atoms with van der Waals surface area (Å²) in [5.74, 6) is -1.77. The number of carbonyl (C=O) groups is 4. The second-order valence-electron chi connectivity index (χ2n) is 8.14. The minimum Gasteiger partial charge on any atom is -0.370 e. The van der Waals surface area contributed by atoms with Crippen molar-refractivity contribution in [2.45, 2.75) is 50.2 Å². The molecule has 0 bridgehead atoms. The molecule has 2 atom stereocenters. The highest BCUT2D eigenvalue weighted by atomic mass is 16.2.